The van der Waals surface area contributed by atoms with E-state index in [-0.39, 0.29) is 24.2 Å². The van der Waals surface area contributed by atoms with Gasteiger partial charge in [0, 0.05) is 5.56 Å². The average Bonchev–Trinajstić information content (AvgIpc) is 3.17. The third kappa shape index (κ3) is 2.67. The van der Waals surface area contributed by atoms with Gasteiger partial charge >= 0.3 is 5.97 Å². The summed E-state index contributed by atoms with van der Waals surface area (Å²) < 4.78 is 29.3. The Balaban J connectivity index is 1.67. The Labute approximate surface area is 144 Å². The van der Waals surface area contributed by atoms with Gasteiger partial charge in [-0.3, -0.25) is 0 Å². The van der Waals surface area contributed by atoms with Crippen molar-refractivity contribution in [1.29, 1.82) is 0 Å². The molecule has 0 N–H and O–H groups in total. The molecule has 0 spiro atoms. The lowest BCUT2D eigenvalue weighted by Gasteiger charge is -2.01. The molecule has 0 saturated carbocycles. The van der Waals surface area contributed by atoms with Gasteiger partial charge in [0.1, 0.15) is 5.82 Å². The number of rotatable bonds is 2. The van der Waals surface area contributed by atoms with Crippen molar-refractivity contribution in [3.8, 4) is 11.5 Å². The van der Waals surface area contributed by atoms with Crippen molar-refractivity contribution in [3.63, 3.8) is 0 Å². The van der Waals surface area contributed by atoms with Crippen molar-refractivity contribution in [2.75, 3.05) is 6.79 Å². The van der Waals surface area contributed by atoms with Crippen LogP contribution in [-0.2, 0) is 9.53 Å². The van der Waals surface area contributed by atoms with Crippen molar-refractivity contribution in [3.05, 3.63) is 63.5 Å². The largest absolute Gasteiger partial charge is 0.454 e. The summed E-state index contributed by atoms with van der Waals surface area (Å²) in [6, 6.07) is 9.58. The fourth-order valence-electron chi connectivity index (χ4n) is 2.32. The number of carbonyl (C=O) groups excluding carboxylic acids is 1. The zero-order valence-corrected chi connectivity index (χ0v) is 13.7. The van der Waals surface area contributed by atoms with Crippen LogP contribution in [0.2, 0.25) is 0 Å². The van der Waals surface area contributed by atoms with Crippen molar-refractivity contribution in [2.24, 2.45) is 4.99 Å². The number of halogens is 2. The summed E-state index contributed by atoms with van der Waals surface area (Å²) in [5.41, 5.74) is 1.38. The van der Waals surface area contributed by atoms with Crippen LogP contribution in [0.25, 0.3) is 6.08 Å². The molecule has 0 atom stereocenters. The van der Waals surface area contributed by atoms with Crippen LogP contribution >= 0.6 is 15.9 Å². The fourth-order valence-corrected chi connectivity index (χ4v) is 2.72. The Morgan fingerprint density at radius 3 is 2.79 bits per heavy atom. The molecule has 0 saturated heterocycles. The standard InChI is InChI=1S/C17H9BrFNO4/c18-11-5-9(1-3-12(11)19)6-13-17(21)24-16(20-13)10-2-4-14-15(7-10)23-8-22-14/h1-7H,8H2. The van der Waals surface area contributed by atoms with Crippen LogP contribution in [0.1, 0.15) is 11.1 Å². The smallest absolute Gasteiger partial charge is 0.363 e. The van der Waals surface area contributed by atoms with Crippen molar-refractivity contribution in [2.45, 2.75) is 0 Å². The van der Waals surface area contributed by atoms with Crippen LogP contribution in [0.3, 0.4) is 0 Å². The molecule has 7 heteroatoms. The number of hydrogen-bond acceptors (Lipinski definition) is 5. The number of aliphatic imine (C=N–C) groups is 1. The predicted molar refractivity (Wildman–Crippen MR) is 87.3 cm³/mol. The molecule has 2 heterocycles. The maximum absolute atomic E-state index is 13.3. The molecule has 4 rings (SSSR count). The summed E-state index contributed by atoms with van der Waals surface area (Å²) in [4.78, 5) is 16.2. The maximum atomic E-state index is 13.3. The van der Waals surface area contributed by atoms with Gasteiger partial charge < -0.3 is 14.2 Å². The molecule has 0 aliphatic carbocycles. The topological polar surface area (TPSA) is 57.1 Å². The van der Waals surface area contributed by atoms with Gasteiger partial charge in [0.05, 0.1) is 4.47 Å². The lowest BCUT2D eigenvalue weighted by Crippen LogP contribution is -2.05. The van der Waals surface area contributed by atoms with Gasteiger partial charge in [-0.15, -0.1) is 0 Å². The van der Waals surface area contributed by atoms with E-state index in [2.05, 4.69) is 20.9 Å². The highest BCUT2D eigenvalue weighted by atomic mass is 79.9. The second-order valence-corrected chi connectivity index (χ2v) is 5.93. The molecule has 2 aliphatic heterocycles. The lowest BCUT2D eigenvalue weighted by atomic mass is 10.2. The van der Waals surface area contributed by atoms with E-state index in [0.29, 0.717) is 27.1 Å². The van der Waals surface area contributed by atoms with Crippen LogP contribution < -0.4 is 9.47 Å². The molecular weight excluding hydrogens is 381 g/mol. The summed E-state index contributed by atoms with van der Waals surface area (Å²) in [5, 5.41) is 0. The van der Waals surface area contributed by atoms with E-state index in [1.54, 1.807) is 30.3 Å². The summed E-state index contributed by atoms with van der Waals surface area (Å²) in [6.07, 6.45) is 1.53. The molecule has 0 aromatic heterocycles. The van der Waals surface area contributed by atoms with Gasteiger partial charge in [-0.05, 0) is 57.9 Å². The van der Waals surface area contributed by atoms with Crippen molar-refractivity contribution >= 4 is 33.9 Å². The first-order valence-corrected chi connectivity index (χ1v) is 7.77. The number of carbonyl (C=O) groups is 1. The summed E-state index contributed by atoms with van der Waals surface area (Å²) in [6.45, 7) is 0.162. The predicted octanol–water partition coefficient (Wildman–Crippen LogP) is 3.66. The van der Waals surface area contributed by atoms with E-state index in [0.717, 1.165) is 0 Å². The minimum atomic E-state index is -0.567. The number of esters is 1. The molecule has 0 unspecified atom stereocenters. The van der Waals surface area contributed by atoms with E-state index in [1.165, 1.54) is 12.1 Å². The molecule has 0 radical (unpaired) electrons. The Bertz CT molecular complexity index is 923. The van der Waals surface area contributed by atoms with Crippen LogP contribution in [0, 0.1) is 5.82 Å². The van der Waals surface area contributed by atoms with Crippen molar-refractivity contribution < 1.29 is 23.4 Å². The monoisotopic (exact) mass is 389 g/mol. The first kappa shape index (κ1) is 14.9. The lowest BCUT2D eigenvalue weighted by molar-refractivity contribution is -0.129. The number of hydrogen-bond donors (Lipinski definition) is 0. The third-order valence-electron chi connectivity index (χ3n) is 3.49. The van der Waals surface area contributed by atoms with Crippen molar-refractivity contribution in [1.82, 2.24) is 0 Å². The number of cyclic esters (lactones) is 1. The normalized spacial score (nSPS) is 17.2. The Hall–Kier alpha value is -2.67. The summed E-state index contributed by atoms with van der Waals surface area (Å²) in [7, 11) is 0. The van der Waals surface area contributed by atoms with Gasteiger partial charge in [-0.25, -0.2) is 14.2 Å². The van der Waals surface area contributed by atoms with Gasteiger partial charge in [0.25, 0.3) is 0 Å². The molecule has 2 aliphatic rings. The van der Waals surface area contributed by atoms with Gasteiger partial charge in [-0.2, -0.15) is 0 Å². The van der Waals surface area contributed by atoms with Crippen LogP contribution in [-0.4, -0.2) is 18.7 Å². The summed E-state index contributed by atoms with van der Waals surface area (Å²) in [5.74, 6) is 0.450. The van der Waals surface area contributed by atoms with Gasteiger partial charge in [-0.1, -0.05) is 6.07 Å². The molecule has 5 nitrogen and oxygen atoms in total. The SMILES string of the molecule is O=C1OC(c2ccc3c(c2)OCO3)=NC1=Cc1ccc(F)c(Br)c1. The van der Waals surface area contributed by atoms with Gasteiger partial charge in [0.2, 0.25) is 12.7 Å². The number of ether oxygens (including phenoxy) is 3. The maximum Gasteiger partial charge on any atom is 0.363 e. The minimum Gasteiger partial charge on any atom is -0.454 e. The second kappa shape index (κ2) is 5.76. The first-order valence-electron chi connectivity index (χ1n) is 6.98. The molecule has 0 amide bonds. The average molecular weight is 390 g/mol. The minimum absolute atomic E-state index is 0.140. The number of benzene rings is 2. The molecule has 120 valence electrons. The van der Waals surface area contributed by atoms with Crippen LogP contribution in [0.15, 0.2) is 51.6 Å². The Morgan fingerprint density at radius 2 is 1.96 bits per heavy atom. The molecule has 2 aromatic carbocycles. The van der Waals surface area contributed by atoms with E-state index in [4.69, 9.17) is 14.2 Å². The second-order valence-electron chi connectivity index (χ2n) is 5.08. The molecule has 2 aromatic rings. The summed E-state index contributed by atoms with van der Waals surface area (Å²) >= 11 is 3.11. The van der Waals surface area contributed by atoms with Gasteiger partial charge in [0.15, 0.2) is 17.2 Å². The highest BCUT2D eigenvalue weighted by molar-refractivity contribution is 9.10. The third-order valence-corrected chi connectivity index (χ3v) is 4.09. The molecule has 24 heavy (non-hydrogen) atoms. The van der Waals surface area contributed by atoms with E-state index >= 15 is 0 Å². The number of nitrogens with zero attached hydrogens (tertiary/aromatic N) is 1. The molecular formula is C17H9BrFNO4. The highest BCUT2D eigenvalue weighted by Crippen LogP contribution is 2.33. The van der Waals surface area contributed by atoms with E-state index in [1.807, 2.05) is 0 Å². The first-order chi connectivity index (χ1) is 11.6. The van der Waals surface area contributed by atoms with E-state index in [9.17, 15) is 9.18 Å². The Kier molecular flexibility index (Phi) is 3.57. The quantitative estimate of drug-likeness (QED) is 0.580. The van der Waals surface area contributed by atoms with E-state index < -0.39 is 5.97 Å². The van der Waals surface area contributed by atoms with Crippen LogP contribution in [0.4, 0.5) is 4.39 Å². The zero-order valence-electron chi connectivity index (χ0n) is 12.1. The molecule has 0 fully saturated rings. The fraction of sp³-hybridized carbons (Fsp3) is 0.0588. The molecule has 0 bridgehead atoms. The highest BCUT2D eigenvalue weighted by Gasteiger charge is 2.25. The van der Waals surface area contributed by atoms with Crippen LogP contribution in [0.5, 0.6) is 11.5 Å². The zero-order chi connectivity index (χ0) is 16.7. The Morgan fingerprint density at radius 1 is 1.12 bits per heavy atom. The number of fused-ring (bicyclic) bond motifs is 1.